The Hall–Kier alpha value is -0.280. The highest BCUT2D eigenvalue weighted by molar-refractivity contribution is 4.31. The molecule has 0 atom stereocenters. The third kappa shape index (κ3) is 9.72. The van der Waals surface area contributed by atoms with Gasteiger partial charge in [0.15, 0.2) is 0 Å². The molecule has 0 radical (unpaired) electrons. The Kier molecular flexibility index (Phi) is 9.47. The molecule has 0 saturated heterocycles. The third-order valence-corrected chi connectivity index (χ3v) is 0.770. The maximum absolute atomic E-state index is 8.30. The molecule has 0 spiro atoms. The van der Waals surface area contributed by atoms with Crippen molar-refractivity contribution in [3.8, 4) is 0 Å². The van der Waals surface area contributed by atoms with Gasteiger partial charge in [0.1, 0.15) is 0 Å². The fraction of sp³-hybridized carbons (Fsp3) is 1.00. The van der Waals surface area contributed by atoms with Crippen LogP contribution in [0.3, 0.4) is 0 Å². The molecule has 0 amide bonds. The van der Waals surface area contributed by atoms with E-state index in [-0.39, 0.29) is 13.2 Å². The number of unbranched alkanes of at least 4 members (excludes halogenated alkanes) is 1. The lowest BCUT2D eigenvalue weighted by molar-refractivity contribution is -0.753. The van der Waals surface area contributed by atoms with E-state index in [2.05, 4.69) is 25.0 Å². The van der Waals surface area contributed by atoms with Crippen molar-refractivity contribution >= 4 is 0 Å². The first-order chi connectivity index (χ1) is 5.41. The van der Waals surface area contributed by atoms with E-state index in [0.717, 1.165) is 0 Å². The average Bonchev–Trinajstić information content (AvgIpc) is 2.03. The summed E-state index contributed by atoms with van der Waals surface area (Å²) in [7, 11) is 0. The van der Waals surface area contributed by atoms with E-state index in [9.17, 15) is 0 Å². The van der Waals surface area contributed by atoms with Crippen molar-refractivity contribution in [1.82, 2.24) is 0 Å². The van der Waals surface area contributed by atoms with Crippen LogP contribution in [0.2, 0.25) is 0 Å². The first-order valence-electron chi connectivity index (χ1n) is 2.95. The van der Waals surface area contributed by atoms with E-state index in [1.807, 2.05) is 0 Å². The highest BCUT2D eigenvalue weighted by Gasteiger charge is 1.90. The van der Waals surface area contributed by atoms with Crippen LogP contribution in [0.5, 0.6) is 0 Å². The number of aliphatic hydroxyl groups excluding tert-OH is 1. The maximum Gasteiger partial charge on any atom is 0.0855 e. The molecule has 0 aromatic rings. The van der Waals surface area contributed by atoms with Gasteiger partial charge >= 0.3 is 0 Å². The van der Waals surface area contributed by atoms with Gasteiger partial charge < -0.3 is 5.11 Å². The van der Waals surface area contributed by atoms with Crippen molar-refractivity contribution in [2.75, 3.05) is 13.2 Å². The van der Waals surface area contributed by atoms with Crippen LogP contribution < -0.4 is 0 Å². The van der Waals surface area contributed by atoms with Gasteiger partial charge in [-0.2, -0.15) is 0 Å². The first kappa shape index (κ1) is 10.7. The second-order valence-electron chi connectivity index (χ2n) is 1.53. The van der Waals surface area contributed by atoms with E-state index in [0.29, 0.717) is 12.8 Å². The van der Waals surface area contributed by atoms with Crippen LogP contribution in [0, 0.1) is 0 Å². The highest BCUT2D eigenvalue weighted by atomic mass is 17.8. The zero-order chi connectivity index (χ0) is 8.36. The third-order valence-electron chi connectivity index (χ3n) is 0.770. The second-order valence-corrected chi connectivity index (χ2v) is 1.53. The topological polar surface area (TPSA) is 86.6 Å². The summed E-state index contributed by atoms with van der Waals surface area (Å²) in [5.41, 5.74) is 0. The van der Waals surface area contributed by atoms with Gasteiger partial charge in [0.05, 0.1) is 6.61 Å². The predicted octanol–water partition coefficient (Wildman–Crippen LogP) is -0.0251. The molecule has 0 aromatic heterocycles. The summed E-state index contributed by atoms with van der Waals surface area (Å²) in [5, 5.41) is 29.6. The molecule has 0 aliphatic heterocycles. The normalized spacial score (nSPS) is 10.4. The Morgan fingerprint density at radius 2 is 1.82 bits per heavy atom. The molecule has 7 heteroatoms. The molecule has 2 N–H and O–H groups in total. The minimum atomic E-state index is 0.0977. The van der Waals surface area contributed by atoms with E-state index >= 15 is 0 Å². The molecule has 7 nitrogen and oxygen atoms in total. The SMILES string of the molecule is OCCCCOOOOOO. The zero-order valence-corrected chi connectivity index (χ0v) is 5.76. The molecular formula is C4H10O7. The van der Waals surface area contributed by atoms with Gasteiger partial charge in [-0.05, 0) is 33.0 Å². The van der Waals surface area contributed by atoms with Crippen LogP contribution in [-0.4, -0.2) is 23.6 Å². The minimum Gasteiger partial charge on any atom is -0.396 e. The van der Waals surface area contributed by atoms with Crippen LogP contribution in [0.25, 0.3) is 0 Å². The average molecular weight is 170 g/mol. The molecule has 11 heavy (non-hydrogen) atoms. The molecular weight excluding hydrogens is 160 g/mol. The molecule has 0 aliphatic carbocycles. The summed E-state index contributed by atoms with van der Waals surface area (Å²) >= 11 is 0. The van der Waals surface area contributed by atoms with Crippen LogP contribution in [0.15, 0.2) is 0 Å². The highest BCUT2D eigenvalue weighted by Crippen LogP contribution is 1.90. The van der Waals surface area contributed by atoms with Crippen molar-refractivity contribution in [3.05, 3.63) is 0 Å². The minimum absolute atomic E-state index is 0.0977. The van der Waals surface area contributed by atoms with Gasteiger partial charge in [-0.15, -0.1) is 0 Å². The molecule has 0 fully saturated rings. The lowest BCUT2D eigenvalue weighted by atomic mass is 10.3. The fourth-order valence-electron chi connectivity index (χ4n) is 0.350. The summed E-state index contributed by atoms with van der Waals surface area (Å²) < 4.78 is 0. The molecule has 0 rings (SSSR count). The first-order valence-corrected chi connectivity index (χ1v) is 2.95. The standard InChI is InChI=1S/C4H10O7/c5-3-1-2-4-7-9-11-10-8-6/h5-6H,1-4H2. The molecule has 0 aromatic carbocycles. The van der Waals surface area contributed by atoms with Gasteiger partial charge in [0.25, 0.3) is 0 Å². The lowest BCUT2D eigenvalue weighted by Crippen LogP contribution is -2.00. The quantitative estimate of drug-likeness (QED) is 0.300. The monoisotopic (exact) mass is 170 g/mol. The smallest absolute Gasteiger partial charge is 0.0855 e. The van der Waals surface area contributed by atoms with Gasteiger partial charge in [-0.1, -0.05) is 0 Å². The Bertz CT molecular complexity index is 59.5. The van der Waals surface area contributed by atoms with Crippen molar-refractivity contribution in [2.24, 2.45) is 0 Å². The Morgan fingerprint density at radius 3 is 2.45 bits per heavy atom. The number of hydrogen-bond donors (Lipinski definition) is 2. The number of hydrogen-bond acceptors (Lipinski definition) is 7. The molecule has 0 bridgehead atoms. The number of aliphatic hydroxyl groups is 1. The Balaban J connectivity index is 2.69. The van der Waals surface area contributed by atoms with Crippen LogP contribution in [0.4, 0.5) is 0 Å². The molecule has 0 aliphatic rings. The van der Waals surface area contributed by atoms with Gasteiger partial charge in [0, 0.05) is 6.61 Å². The summed E-state index contributed by atoms with van der Waals surface area (Å²) in [5.74, 6) is 0. The molecule has 0 unspecified atom stereocenters. The van der Waals surface area contributed by atoms with Crippen molar-refractivity contribution in [3.63, 3.8) is 0 Å². The van der Waals surface area contributed by atoms with Crippen molar-refractivity contribution in [1.29, 1.82) is 0 Å². The predicted molar refractivity (Wildman–Crippen MR) is 29.2 cm³/mol. The molecule has 0 heterocycles. The largest absolute Gasteiger partial charge is 0.396 e. The van der Waals surface area contributed by atoms with E-state index in [4.69, 9.17) is 10.4 Å². The van der Waals surface area contributed by atoms with E-state index in [1.165, 1.54) is 0 Å². The van der Waals surface area contributed by atoms with Crippen LogP contribution >= 0.6 is 0 Å². The molecule has 68 valence electrons. The van der Waals surface area contributed by atoms with E-state index < -0.39 is 0 Å². The van der Waals surface area contributed by atoms with Gasteiger partial charge in [0.2, 0.25) is 0 Å². The zero-order valence-electron chi connectivity index (χ0n) is 5.76. The van der Waals surface area contributed by atoms with E-state index in [1.54, 1.807) is 0 Å². The summed E-state index contributed by atoms with van der Waals surface area (Å²) in [4.78, 5) is 4.29. The van der Waals surface area contributed by atoms with Crippen molar-refractivity contribution in [2.45, 2.75) is 12.8 Å². The lowest BCUT2D eigenvalue weighted by Gasteiger charge is -1.97. The van der Waals surface area contributed by atoms with Gasteiger partial charge in [-0.3, -0.25) is 0 Å². The molecule has 0 saturated carbocycles. The Morgan fingerprint density at radius 1 is 1.00 bits per heavy atom. The summed E-state index contributed by atoms with van der Waals surface area (Å²) in [6.07, 6.45) is 1.24. The number of rotatable bonds is 8. The Labute approximate surface area is 62.6 Å². The summed E-state index contributed by atoms with van der Waals surface area (Å²) in [6, 6.07) is 0. The fourth-order valence-corrected chi connectivity index (χ4v) is 0.350. The second kappa shape index (κ2) is 9.72. The van der Waals surface area contributed by atoms with Crippen molar-refractivity contribution < 1.29 is 35.4 Å². The van der Waals surface area contributed by atoms with Gasteiger partial charge in [-0.25, -0.2) is 10.1 Å². The maximum atomic E-state index is 8.30. The van der Waals surface area contributed by atoms with Crippen LogP contribution in [-0.2, 0) is 25.0 Å². The van der Waals surface area contributed by atoms with Crippen LogP contribution in [0.1, 0.15) is 12.8 Å². The summed E-state index contributed by atoms with van der Waals surface area (Å²) in [6.45, 7) is 0.343.